The highest BCUT2D eigenvalue weighted by molar-refractivity contribution is 5.81. The third kappa shape index (κ3) is 2.08. The second-order valence-electron chi connectivity index (χ2n) is 3.07. The minimum Gasteiger partial charge on any atom is -0.457 e. The van der Waals surface area contributed by atoms with Gasteiger partial charge in [-0.15, -0.1) is 0 Å². The van der Waals surface area contributed by atoms with Crippen LogP contribution < -0.4 is 0 Å². The van der Waals surface area contributed by atoms with Crippen LogP contribution in [0.4, 0.5) is 0 Å². The molecule has 0 radical (unpaired) electrons. The van der Waals surface area contributed by atoms with E-state index in [1.165, 1.54) is 6.08 Å². The lowest BCUT2D eigenvalue weighted by Crippen LogP contribution is -2.44. The topological polar surface area (TPSA) is 35.5 Å². The van der Waals surface area contributed by atoms with Crippen molar-refractivity contribution in [2.45, 2.75) is 38.6 Å². The summed E-state index contributed by atoms with van der Waals surface area (Å²) in [7, 11) is 0. The van der Waals surface area contributed by atoms with Crippen molar-refractivity contribution in [3.05, 3.63) is 12.7 Å². The molecule has 0 aromatic heterocycles. The molecule has 3 heteroatoms. The van der Waals surface area contributed by atoms with E-state index in [4.69, 9.17) is 9.47 Å². The quantitative estimate of drug-likeness (QED) is 0.473. The lowest BCUT2D eigenvalue weighted by Gasteiger charge is -2.36. The van der Waals surface area contributed by atoms with Crippen LogP contribution in [0.5, 0.6) is 0 Å². The van der Waals surface area contributed by atoms with Gasteiger partial charge in [0.25, 0.3) is 0 Å². The van der Waals surface area contributed by atoms with Crippen molar-refractivity contribution in [3.63, 3.8) is 0 Å². The van der Waals surface area contributed by atoms with Crippen LogP contribution in [0.2, 0.25) is 0 Å². The first-order valence-corrected chi connectivity index (χ1v) is 4.12. The third-order valence-electron chi connectivity index (χ3n) is 1.96. The zero-order valence-corrected chi connectivity index (χ0v) is 7.45. The second-order valence-corrected chi connectivity index (χ2v) is 3.07. The molecule has 3 unspecified atom stereocenters. The molecule has 0 N–H and O–H groups in total. The number of esters is 1. The fourth-order valence-electron chi connectivity index (χ4n) is 1.22. The van der Waals surface area contributed by atoms with Crippen molar-refractivity contribution in [1.82, 2.24) is 0 Å². The molecule has 0 aromatic carbocycles. The van der Waals surface area contributed by atoms with Crippen LogP contribution in [0, 0.1) is 0 Å². The highest BCUT2D eigenvalue weighted by atomic mass is 16.6. The summed E-state index contributed by atoms with van der Waals surface area (Å²) in [5.74, 6) is -0.384. The maximum absolute atomic E-state index is 10.8. The van der Waals surface area contributed by atoms with Crippen molar-refractivity contribution in [2.75, 3.05) is 0 Å². The van der Waals surface area contributed by atoms with Crippen molar-refractivity contribution >= 4 is 5.97 Å². The van der Waals surface area contributed by atoms with Crippen LogP contribution in [0.3, 0.4) is 0 Å². The number of ether oxygens (including phenoxy) is 2. The lowest BCUT2D eigenvalue weighted by atomic mass is 10.0. The summed E-state index contributed by atoms with van der Waals surface area (Å²) >= 11 is 0. The first-order valence-electron chi connectivity index (χ1n) is 4.12. The highest BCUT2D eigenvalue weighted by Crippen LogP contribution is 2.24. The van der Waals surface area contributed by atoms with Crippen LogP contribution in [-0.2, 0) is 14.3 Å². The molecular formula is C9H14O3. The van der Waals surface area contributed by atoms with Crippen LogP contribution >= 0.6 is 0 Å². The third-order valence-corrected chi connectivity index (χ3v) is 1.96. The highest BCUT2D eigenvalue weighted by Gasteiger charge is 2.32. The van der Waals surface area contributed by atoms with Gasteiger partial charge in [0.05, 0.1) is 12.2 Å². The van der Waals surface area contributed by atoms with Crippen LogP contribution in [0.25, 0.3) is 0 Å². The Morgan fingerprint density at radius 2 is 2.42 bits per heavy atom. The lowest BCUT2D eigenvalue weighted by molar-refractivity contribution is -0.181. The van der Waals surface area contributed by atoms with Gasteiger partial charge >= 0.3 is 5.97 Å². The van der Waals surface area contributed by atoms with Gasteiger partial charge in [0.15, 0.2) is 0 Å². The van der Waals surface area contributed by atoms with Gasteiger partial charge in [0.2, 0.25) is 0 Å². The second kappa shape index (κ2) is 3.72. The summed E-state index contributed by atoms with van der Waals surface area (Å²) in [6, 6.07) is 0. The molecule has 1 heterocycles. The van der Waals surface area contributed by atoms with Crippen molar-refractivity contribution in [1.29, 1.82) is 0 Å². The zero-order valence-electron chi connectivity index (χ0n) is 7.45. The van der Waals surface area contributed by atoms with E-state index < -0.39 is 0 Å². The molecule has 1 fully saturated rings. The Kier molecular flexibility index (Phi) is 2.87. The van der Waals surface area contributed by atoms with E-state index in [0.717, 1.165) is 6.42 Å². The number of hydrogen-bond donors (Lipinski definition) is 0. The van der Waals surface area contributed by atoms with Gasteiger partial charge in [-0.3, -0.25) is 0 Å². The van der Waals surface area contributed by atoms with Crippen molar-refractivity contribution in [3.8, 4) is 0 Å². The van der Waals surface area contributed by atoms with E-state index in [9.17, 15) is 4.79 Å². The predicted molar refractivity (Wildman–Crippen MR) is 44.7 cm³/mol. The Morgan fingerprint density at radius 3 is 2.83 bits per heavy atom. The summed E-state index contributed by atoms with van der Waals surface area (Å²) in [4.78, 5) is 10.8. The molecule has 0 aromatic rings. The summed E-state index contributed by atoms with van der Waals surface area (Å²) in [6.45, 7) is 7.15. The number of rotatable bonds is 3. The zero-order chi connectivity index (χ0) is 9.14. The van der Waals surface area contributed by atoms with E-state index in [1.807, 2.05) is 13.8 Å². The Morgan fingerprint density at radius 1 is 1.83 bits per heavy atom. The maximum Gasteiger partial charge on any atom is 0.330 e. The molecule has 12 heavy (non-hydrogen) atoms. The van der Waals surface area contributed by atoms with E-state index in [0.29, 0.717) is 6.10 Å². The molecule has 3 atom stereocenters. The Hall–Kier alpha value is -0.830. The molecule has 0 spiro atoms. The molecule has 1 saturated heterocycles. The van der Waals surface area contributed by atoms with Crippen molar-refractivity contribution < 1.29 is 14.3 Å². The minimum absolute atomic E-state index is 0.0731. The van der Waals surface area contributed by atoms with E-state index in [-0.39, 0.29) is 18.2 Å². The Labute approximate surface area is 72.4 Å². The average Bonchev–Trinajstić information content (AvgIpc) is 1.98. The van der Waals surface area contributed by atoms with Gasteiger partial charge < -0.3 is 9.47 Å². The number of carbonyl (C=O) groups is 1. The Balaban J connectivity index is 2.24. The van der Waals surface area contributed by atoms with E-state index >= 15 is 0 Å². The molecule has 1 aliphatic heterocycles. The number of carbonyl (C=O) groups excluding carboxylic acids is 1. The van der Waals surface area contributed by atoms with Crippen molar-refractivity contribution in [2.24, 2.45) is 0 Å². The fourth-order valence-corrected chi connectivity index (χ4v) is 1.22. The first-order chi connectivity index (χ1) is 5.63. The smallest absolute Gasteiger partial charge is 0.330 e. The first kappa shape index (κ1) is 9.26. The largest absolute Gasteiger partial charge is 0.457 e. The van der Waals surface area contributed by atoms with Crippen LogP contribution in [0.1, 0.15) is 20.3 Å². The van der Waals surface area contributed by atoms with Crippen LogP contribution in [0.15, 0.2) is 12.7 Å². The van der Waals surface area contributed by atoms with Gasteiger partial charge in [0, 0.05) is 12.5 Å². The fraction of sp³-hybridized carbons (Fsp3) is 0.667. The standard InChI is InChI=1S/C9H14O3/c1-4-9(10)12-7(3)8-5-6(2)11-8/h4,6-8H,1,5H2,2-3H3. The minimum atomic E-state index is -0.384. The molecule has 1 rings (SSSR count). The maximum atomic E-state index is 10.8. The predicted octanol–water partition coefficient (Wildman–Crippen LogP) is 1.28. The SMILES string of the molecule is C=CC(=O)OC(C)C1CC(C)O1. The van der Waals surface area contributed by atoms with Gasteiger partial charge in [-0.1, -0.05) is 6.58 Å². The Bertz CT molecular complexity index is 182. The molecule has 0 aliphatic carbocycles. The van der Waals surface area contributed by atoms with Gasteiger partial charge in [-0.05, 0) is 13.8 Å². The summed E-state index contributed by atoms with van der Waals surface area (Å²) in [5.41, 5.74) is 0. The molecule has 1 aliphatic rings. The summed E-state index contributed by atoms with van der Waals surface area (Å²) in [6.07, 6.45) is 2.35. The van der Waals surface area contributed by atoms with Gasteiger partial charge in [-0.25, -0.2) is 4.79 Å². The molecule has 3 nitrogen and oxygen atoms in total. The molecular weight excluding hydrogens is 156 g/mol. The van der Waals surface area contributed by atoms with E-state index in [2.05, 4.69) is 6.58 Å². The number of hydrogen-bond acceptors (Lipinski definition) is 3. The average molecular weight is 170 g/mol. The van der Waals surface area contributed by atoms with E-state index in [1.54, 1.807) is 0 Å². The monoisotopic (exact) mass is 170 g/mol. The normalized spacial score (nSPS) is 30.2. The van der Waals surface area contributed by atoms with Gasteiger partial charge in [0.1, 0.15) is 6.10 Å². The van der Waals surface area contributed by atoms with Gasteiger partial charge in [-0.2, -0.15) is 0 Å². The molecule has 68 valence electrons. The van der Waals surface area contributed by atoms with Crippen LogP contribution in [-0.4, -0.2) is 24.3 Å². The summed E-state index contributed by atoms with van der Waals surface area (Å²) in [5, 5.41) is 0. The molecule has 0 saturated carbocycles. The summed E-state index contributed by atoms with van der Waals surface area (Å²) < 4.78 is 10.3. The molecule has 0 bridgehead atoms. The molecule has 0 amide bonds.